The van der Waals surface area contributed by atoms with Crippen molar-refractivity contribution in [3.05, 3.63) is 35.6 Å². The highest BCUT2D eigenvalue weighted by Gasteiger charge is 2.43. The number of carboxylic acid groups (broad SMARTS) is 1. The van der Waals surface area contributed by atoms with Crippen molar-refractivity contribution < 1.29 is 27.5 Å². The largest absolute Gasteiger partial charge is 0.479 e. The molecule has 0 aliphatic carbocycles. The number of sulfonamides is 1. The molecule has 114 valence electrons. The number of likely N-dealkylation sites (tertiary alicyclic amines) is 1. The van der Waals surface area contributed by atoms with Crippen LogP contribution in [0.4, 0.5) is 4.39 Å². The first-order chi connectivity index (χ1) is 9.71. The molecule has 0 radical (unpaired) electrons. The summed E-state index contributed by atoms with van der Waals surface area (Å²) in [6.45, 7) is -0.372. The Morgan fingerprint density at radius 3 is 2.52 bits per heavy atom. The summed E-state index contributed by atoms with van der Waals surface area (Å²) in [5.41, 5.74) is -0.201. The lowest BCUT2D eigenvalue weighted by molar-refractivity contribution is -0.148. The number of benzene rings is 1. The quantitative estimate of drug-likeness (QED) is 0.800. The molecule has 2 rings (SSSR count). The maximum atomic E-state index is 13.8. The van der Waals surface area contributed by atoms with E-state index in [1.54, 1.807) is 0 Å². The van der Waals surface area contributed by atoms with Gasteiger partial charge in [0, 0.05) is 18.5 Å². The molecule has 1 aromatic carbocycles. The molecule has 2 unspecified atom stereocenters. The van der Waals surface area contributed by atoms with Crippen LogP contribution in [-0.4, -0.2) is 42.1 Å². The normalized spacial score (nSPS) is 20.6. The molecule has 1 aliphatic rings. The van der Waals surface area contributed by atoms with E-state index in [1.165, 1.54) is 18.2 Å². The van der Waals surface area contributed by atoms with Crippen LogP contribution in [0.5, 0.6) is 0 Å². The van der Waals surface area contributed by atoms with Gasteiger partial charge in [0.25, 0.3) is 0 Å². The fourth-order valence-electron chi connectivity index (χ4n) is 2.30. The monoisotopic (exact) mass is 316 g/mol. The maximum absolute atomic E-state index is 13.8. The fourth-order valence-corrected chi connectivity index (χ4v) is 3.04. The molecule has 1 amide bonds. The summed E-state index contributed by atoms with van der Waals surface area (Å²) in [7, 11) is -3.97. The van der Waals surface area contributed by atoms with Gasteiger partial charge in [-0.05, 0) is 6.07 Å². The van der Waals surface area contributed by atoms with Gasteiger partial charge in [-0.15, -0.1) is 0 Å². The standard InChI is InChI=1S/C12H13FN2O5S/c13-9-4-2-1-3-8(9)11(12(17)18)15-6-7(5-10(15)16)21(14,19)20/h1-4,7,11H,5-6H2,(H,17,18)(H2,14,19,20). The third-order valence-corrected chi connectivity index (χ3v) is 4.58. The van der Waals surface area contributed by atoms with Crippen LogP contribution in [0, 0.1) is 5.82 Å². The lowest BCUT2D eigenvalue weighted by atomic mass is 10.1. The average molecular weight is 316 g/mol. The van der Waals surface area contributed by atoms with Crippen molar-refractivity contribution in [2.75, 3.05) is 6.54 Å². The predicted octanol–water partition coefficient (Wildman–Crippen LogP) is -0.159. The van der Waals surface area contributed by atoms with Gasteiger partial charge in [-0.1, -0.05) is 18.2 Å². The molecular formula is C12H13FN2O5S. The van der Waals surface area contributed by atoms with Crippen molar-refractivity contribution in [2.45, 2.75) is 17.7 Å². The molecule has 1 saturated heterocycles. The zero-order valence-corrected chi connectivity index (χ0v) is 11.6. The van der Waals surface area contributed by atoms with Crippen LogP contribution in [0.2, 0.25) is 0 Å². The number of hydrogen-bond acceptors (Lipinski definition) is 4. The van der Waals surface area contributed by atoms with Gasteiger partial charge in [0.2, 0.25) is 15.9 Å². The Morgan fingerprint density at radius 2 is 2.05 bits per heavy atom. The Hall–Kier alpha value is -2.00. The molecule has 1 heterocycles. The van der Waals surface area contributed by atoms with Crippen molar-refractivity contribution >= 4 is 21.9 Å². The molecule has 0 bridgehead atoms. The van der Waals surface area contributed by atoms with Gasteiger partial charge >= 0.3 is 5.97 Å². The number of carbonyl (C=O) groups excluding carboxylic acids is 1. The first kappa shape index (κ1) is 15.4. The maximum Gasteiger partial charge on any atom is 0.331 e. The van der Waals surface area contributed by atoms with Crippen molar-refractivity contribution in [1.82, 2.24) is 4.90 Å². The molecule has 1 aliphatic heterocycles. The zero-order chi connectivity index (χ0) is 15.8. The molecule has 0 aromatic heterocycles. The molecule has 0 spiro atoms. The minimum Gasteiger partial charge on any atom is -0.479 e. The summed E-state index contributed by atoms with van der Waals surface area (Å²) in [6.07, 6.45) is -0.406. The topological polar surface area (TPSA) is 118 Å². The predicted molar refractivity (Wildman–Crippen MR) is 70.0 cm³/mol. The molecular weight excluding hydrogens is 303 g/mol. The van der Waals surface area contributed by atoms with Gasteiger partial charge in [-0.3, -0.25) is 4.79 Å². The molecule has 3 N–H and O–H groups in total. The smallest absolute Gasteiger partial charge is 0.331 e. The second-order valence-electron chi connectivity index (χ2n) is 4.72. The Bertz CT molecular complexity index is 691. The number of halogens is 1. The van der Waals surface area contributed by atoms with Gasteiger partial charge in [-0.2, -0.15) is 0 Å². The Morgan fingerprint density at radius 1 is 1.43 bits per heavy atom. The van der Waals surface area contributed by atoms with E-state index in [4.69, 9.17) is 5.14 Å². The zero-order valence-electron chi connectivity index (χ0n) is 10.8. The van der Waals surface area contributed by atoms with Crippen molar-refractivity contribution in [3.8, 4) is 0 Å². The minimum absolute atomic E-state index is 0.201. The highest BCUT2D eigenvalue weighted by Crippen LogP contribution is 2.29. The van der Waals surface area contributed by atoms with Gasteiger partial charge in [0.05, 0.1) is 0 Å². The summed E-state index contributed by atoms with van der Waals surface area (Å²) < 4.78 is 36.4. The number of hydrogen-bond donors (Lipinski definition) is 2. The highest BCUT2D eigenvalue weighted by atomic mass is 32.2. The van der Waals surface area contributed by atoms with E-state index in [0.29, 0.717) is 0 Å². The van der Waals surface area contributed by atoms with Crippen LogP contribution in [0.25, 0.3) is 0 Å². The van der Waals surface area contributed by atoms with Crippen LogP contribution in [0.15, 0.2) is 24.3 Å². The van der Waals surface area contributed by atoms with E-state index < -0.39 is 45.4 Å². The van der Waals surface area contributed by atoms with E-state index in [9.17, 15) is 27.5 Å². The first-order valence-electron chi connectivity index (χ1n) is 6.00. The van der Waals surface area contributed by atoms with E-state index in [0.717, 1.165) is 11.0 Å². The third kappa shape index (κ3) is 3.03. The molecule has 1 fully saturated rings. The van der Waals surface area contributed by atoms with Crippen molar-refractivity contribution in [2.24, 2.45) is 5.14 Å². The lowest BCUT2D eigenvalue weighted by Gasteiger charge is -2.25. The van der Waals surface area contributed by atoms with Crippen LogP contribution in [0.1, 0.15) is 18.0 Å². The number of rotatable bonds is 4. The SMILES string of the molecule is NS(=O)(=O)C1CC(=O)N(C(C(=O)O)c2ccccc2F)C1. The molecule has 21 heavy (non-hydrogen) atoms. The number of aliphatic carboxylic acids is 1. The van der Waals surface area contributed by atoms with E-state index in [1.807, 2.05) is 0 Å². The number of carboxylic acids is 1. The fraction of sp³-hybridized carbons (Fsp3) is 0.333. The molecule has 2 atom stereocenters. The van der Waals surface area contributed by atoms with Gasteiger partial charge in [-0.25, -0.2) is 22.7 Å². The van der Waals surface area contributed by atoms with E-state index >= 15 is 0 Å². The number of primary sulfonamides is 1. The summed E-state index contributed by atoms with van der Waals surface area (Å²) in [5, 5.41) is 13.1. The van der Waals surface area contributed by atoms with Crippen LogP contribution >= 0.6 is 0 Å². The Kier molecular flexibility index (Phi) is 3.97. The van der Waals surface area contributed by atoms with Gasteiger partial charge in [0.1, 0.15) is 11.1 Å². The van der Waals surface area contributed by atoms with Gasteiger partial charge in [0.15, 0.2) is 6.04 Å². The molecule has 9 heteroatoms. The molecule has 7 nitrogen and oxygen atoms in total. The third-order valence-electron chi connectivity index (χ3n) is 3.33. The van der Waals surface area contributed by atoms with Crippen molar-refractivity contribution in [1.29, 1.82) is 0 Å². The van der Waals surface area contributed by atoms with Crippen LogP contribution in [-0.2, 0) is 19.6 Å². The number of nitrogens with zero attached hydrogens (tertiary/aromatic N) is 1. The Labute approximate surface area is 120 Å². The summed E-state index contributed by atoms with van der Waals surface area (Å²) >= 11 is 0. The van der Waals surface area contributed by atoms with Crippen LogP contribution < -0.4 is 5.14 Å². The summed E-state index contributed by atoms with van der Waals surface area (Å²) in [5.74, 6) is -2.91. The number of amides is 1. The lowest BCUT2D eigenvalue weighted by Crippen LogP contribution is -2.38. The van der Waals surface area contributed by atoms with Gasteiger partial charge < -0.3 is 10.0 Å². The minimum atomic E-state index is -3.97. The first-order valence-corrected chi connectivity index (χ1v) is 7.61. The number of nitrogens with two attached hydrogens (primary N) is 1. The van der Waals surface area contributed by atoms with E-state index in [-0.39, 0.29) is 12.1 Å². The Balaban J connectivity index is 2.39. The second kappa shape index (κ2) is 5.41. The van der Waals surface area contributed by atoms with Crippen LogP contribution in [0.3, 0.4) is 0 Å². The highest BCUT2D eigenvalue weighted by molar-refractivity contribution is 7.89. The average Bonchev–Trinajstić information content (AvgIpc) is 2.74. The van der Waals surface area contributed by atoms with Crippen molar-refractivity contribution in [3.63, 3.8) is 0 Å². The number of carbonyl (C=O) groups is 2. The second-order valence-corrected chi connectivity index (χ2v) is 6.57. The molecule has 0 saturated carbocycles. The van der Waals surface area contributed by atoms with E-state index in [2.05, 4.69) is 0 Å². The summed E-state index contributed by atoms with van der Waals surface area (Å²) in [6, 6.07) is 3.56. The molecule has 1 aromatic rings. The summed E-state index contributed by atoms with van der Waals surface area (Å²) in [4.78, 5) is 24.1.